The van der Waals surface area contributed by atoms with Crippen LogP contribution in [0.4, 0.5) is 5.69 Å². The monoisotopic (exact) mass is 336 g/mol. The molecule has 3 heterocycles. The summed E-state index contributed by atoms with van der Waals surface area (Å²) in [7, 11) is 0. The van der Waals surface area contributed by atoms with E-state index in [1.807, 2.05) is 19.1 Å². The summed E-state index contributed by atoms with van der Waals surface area (Å²) in [6, 6.07) is 10.7. The van der Waals surface area contributed by atoms with Crippen molar-refractivity contribution in [3.05, 3.63) is 69.7 Å². The van der Waals surface area contributed by atoms with Crippen LogP contribution in [0, 0.1) is 6.92 Å². The number of carbonyl (C=O) groups is 1. The van der Waals surface area contributed by atoms with E-state index in [0.717, 1.165) is 15.2 Å². The van der Waals surface area contributed by atoms with E-state index in [0.29, 0.717) is 11.3 Å². The Morgan fingerprint density at radius 1 is 1.25 bits per heavy atom. The van der Waals surface area contributed by atoms with Crippen molar-refractivity contribution in [2.75, 3.05) is 5.32 Å². The Morgan fingerprint density at radius 3 is 3.00 bits per heavy atom. The molecule has 6 nitrogen and oxygen atoms in total. The van der Waals surface area contributed by atoms with Crippen LogP contribution < -0.4 is 10.9 Å². The Labute approximate surface area is 140 Å². The standard InChI is InChI=1S/C17H12N4O2S/c1-10-19-13-6-5-11(8-14(13)24-10)20-16(22)12-9-18-15-4-2-3-7-21(15)17(12)23/h2-9H,1H3,(H,20,22). The molecule has 1 amide bonds. The van der Waals surface area contributed by atoms with Crippen molar-refractivity contribution >= 4 is 38.8 Å². The number of hydrogen-bond acceptors (Lipinski definition) is 5. The van der Waals surface area contributed by atoms with Crippen molar-refractivity contribution in [1.82, 2.24) is 14.4 Å². The Kier molecular flexibility index (Phi) is 3.35. The highest BCUT2D eigenvalue weighted by Crippen LogP contribution is 2.24. The number of aryl methyl sites for hydroxylation is 1. The maximum absolute atomic E-state index is 12.4. The van der Waals surface area contributed by atoms with Gasteiger partial charge in [0.05, 0.1) is 15.2 Å². The summed E-state index contributed by atoms with van der Waals surface area (Å²) in [5.41, 5.74) is 1.62. The average Bonchev–Trinajstić information content (AvgIpc) is 2.94. The number of rotatable bonds is 2. The van der Waals surface area contributed by atoms with Gasteiger partial charge in [-0.2, -0.15) is 0 Å². The maximum Gasteiger partial charge on any atom is 0.270 e. The zero-order valence-corrected chi connectivity index (χ0v) is 13.5. The molecular weight excluding hydrogens is 324 g/mol. The lowest BCUT2D eigenvalue weighted by molar-refractivity contribution is 0.102. The third kappa shape index (κ3) is 2.44. The number of aromatic nitrogens is 3. The zero-order chi connectivity index (χ0) is 16.7. The van der Waals surface area contributed by atoms with Crippen LogP contribution in [0.5, 0.6) is 0 Å². The number of nitrogens with one attached hydrogen (secondary N) is 1. The molecule has 118 valence electrons. The number of fused-ring (bicyclic) bond motifs is 2. The molecule has 0 saturated heterocycles. The molecule has 3 aromatic heterocycles. The van der Waals surface area contributed by atoms with Crippen LogP contribution in [0.25, 0.3) is 15.9 Å². The normalized spacial score (nSPS) is 11.0. The second-order valence-corrected chi connectivity index (χ2v) is 6.51. The van der Waals surface area contributed by atoms with Crippen LogP contribution in [-0.4, -0.2) is 20.3 Å². The Bertz CT molecular complexity index is 1150. The minimum atomic E-state index is -0.480. The molecule has 0 aliphatic carbocycles. The Morgan fingerprint density at radius 2 is 2.12 bits per heavy atom. The van der Waals surface area contributed by atoms with Crippen LogP contribution in [0.15, 0.2) is 53.6 Å². The third-order valence-electron chi connectivity index (χ3n) is 3.61. The predicted molar refractivity (Wildman–Crippen MR) is 93.8 cm³/mol. The molecule has 0 radical (unpaired) electrons. The van der Waals surface area contributed by atoms with Crippen LogP contribution in [-0.2, 0) is 0 Å². The minimum Gasteiger partial charge on any atom is -0.322 e. The number of benzene rings is 1. The lowest BCUT2D eigenvalue weighted by Gasteiger charge is -2.06. The summed E-state index contributed by atoms with van der Waals surface area (Å²) in [5, 5.41) is 3.72. The van der Waals surface area contributed by atoms with E-state index in [9.17, 15) is 9.59 Å². The summed E-state index contributed by atoms with van der Waals surface area (Å²) in [6.07, 6.45) is 2.90. The number of hydrogen-bond donors (Lipinski definition) is 1. The van der Waals surface area contributed by atoms with Crippen molar-refractivity contribution in [3.63, 3.8) is 0 Å². The van der Waals surface area contributed by atoms with Crippen LogP contribution in [0.2, 0.25) is 0 Å². The van der Waals surface area contributed by atoms with Gasteiger partial charge in [0.1, 0.15) is 11.2 Å². The molecule has 0 fully saturated rings. The van der Waals surface area contributed by atoms with Gasteiger partial charge in [-0.1, -0.05) is 6.07 Å². The molecule has 0 unspecified atom stereocenters. The molecule has 24 heavy (non-hydrogen) atoms. The third-order valence-corrected chi connectivity index (χ3v) is 4.54. The van der Waals surface area contributed by atoms with Crippen molar-refractivity contribution in [3.8, 4) is 0 Å². The largest absolute Gasteiger partial charge is 0.322 e. The highest BCUT2D eigenvalue weighted by atomic mass is 32.1. The molecule has 7 heteroatoms. The van der Waals surface area contributed by atoms with E-state index in [2.05, 4.69) is 15.3 Å². The van der Waals surface area contributed by atoms with E-state index in [-0.39, 0.29) is 5.56 Å². The molecule has 4 aromatic rings. The van der Waals surface area contributed by atoms with Crippen molar-refractivity contribution in [2.24, 2.45) is 0 Å². The van der Waals surface area contributed by atoms with Gasteiger partial charge in [0.2, 0.25) is 0 Å². The number of anilines is 1. The molecule has 1 aromatic carbocycles. The number of pyridine rings is 1. The molecule has 0 aliphatic heterocycles. The van der Waals surface area contributed by atoms with Gasteiger partial charge < -0.3 is 5.32 Å². The van der Waals surface area contributed by atoms with Crippen molar-refractivity contribution in [1.29, 1.82) is 0 Å². The first-order valence-electron chi connectivity index (χ1n) is 7.27. The number of carbonyl (C=O) groups excluding carboxylic acids is 1. The SMILES string of the molecule is Cc1nc2ccc(NC(=O)c3cnc4ccccn4c3=O)cc2s1. The predicted octanol–water partition coefficient (Wildman–Crippen LogP) is 2.86. The molecule has 0 atom stereocenters. The second-order valence-electron chi connectivity index (χ2n) is 5.28. The summed E-state index contributed by atoms with van der Waals surface area (Å²) in [6.45, 7) is 1.94. The van der Waals surface area contributed by atoms with Gasteiger partial charge in [0.15, 0.2) is 0 Å². The van der Waals surface area contributed by atoms with E-state index < -0.39 is 11.5 Å². The first-order valence-corrected chi connectivity index (χ1v) is 8.08. The summed E-state index contributed by atoms with van der Waals surface area (Å²) in [5.74, 6) is -0.480. The van der Waals surface area contributed by atoms with Crippen molar-refractivity contribution in [2.45, 2.75) is 6.92 Å². The molecule has 0 saturated carbocycles. The number of nitrogens with zero attached hydrogens (tertiary/aromatic N) is 3. The van der Waals surface area contributed by atoms with E-state index >= 15 is 0 Å². The summed E-state index contributed by atoms with van der Waals surface area (Å²) >= 11 is 1.55. The summed E-state index contributed by atoms with van der Waals surface area (Å²) < 4.78 is 2.34. The first-order chi connectivity index (χ1) is 11.6. The van der Waals surface area contributed by atoms with E-state index in [4.69, 9.17) is 0 Å². The van der Waals surface area contributed by atoms with Gasteiger partial charge in [0.25, 0.3) is 11.5 Å². The fourth-order valence-electron chi connectivity index (χ4n) is 2.50. The van der Waals surface area contributed by atoms with Gasteiger partial charge in [-0.05, 0) is 37.3 Å². The topological polar surface area (TPSA) is 76.4 Å². The van der Waals surface area contributed by atoms with Gasteiger partial charge in [-0.15, -0.1) is 11.3 Å². The lowest BCUT2D eigenvalue weighted by Crippen LogP contribution is -2.26. The molecule has 1 N–H and O–H groups in total. The quantitative estimate of drug-likeness (QED) is 0.611. The molecule has 0 spiro atoms. The minimum absolute atomic E-state index is 0.000665. The van der Waals surface area contributed by atoms with Gasteiger partial charge in [0, 0.05) is 18.1 Å². The molecule has 0 aliphatic rings. The first kappa shape index (κ1) is 14.5. The van der Waals surface area contributed by atoms with Crippen molar-refractivity contribution < 1.29 is 4.79 Å². The molecule has 0 bridgehead atoms. The maximum atomic E-state index is 12.4. The number of amides is 1. The van der Waals surface area contributed by atoms with Crippen LogP contribution in [0.1, 0.15) is 15.4 Å². The van der Waals surface area contributed by atoms with Gasteiger partial charge >= 0.3 is 0 Å². The van der Waals surface area contributed by atoms with Gasteiger partial charge in [-0.25, -0.2) is 9.97 Å². The van der Waals surface area contributed by atoms with E-state index in [1.165, 1.54) is 10.6 Å². The highest BCUT2D eigenvalue weighted by Gasteiger charge is 2.14. The number of thiazole rings is 1. The fourth-order valence-corrected chi connectivity index (χ4v) is 3.36. The van der Waals surface area contributed by atoms with Gasteiger partial charge in [-0.3, -0.25) is 14.0 Å². The smallest absolute Gasteiger partial charge is 0.270 e. The average molecular weight is 336 g/mol. The lowest BCUT2D eigenvalue weighted by atomic mass is 10.2. The van der Waals surface area contributed by atoms with E-state index in [1.54, 1.807) is 41.8 Å². The Balaban J connectivity index is 1.70. The second kappa shape index (κ2) is 5.54. The summed E-state index contributed by atoms with van der Waals surface area (Å²) in [4.78, 5) is 33.4. The zero-order valence-electron chi connectivity index (χ0n) is 12.7. The molecule has 4 rings (SSSR count). The molecular formula is C17H12N4O2S. The highest BCUT2D eigenvalue weighted by molar-refractivity contribution is 7.18. The van der Waals surface area contributed by atoms with Crippen LogP contribution >= 0.6 is 11.3 Å². The Hall–Kier alpha value is -3.06. The van der Waals surface area contributed by atoms with Crippen LogP contribution in [0.3, 0.4) is 0 Å². The fraction of sp³-hybridized carbons (Fsp3) is 0.0588.